The molecule has 1 amide bonds. The van der Waals surface area contributed by atoms with Crippen molar-refractivity contribution in [3.05, 3.63) is 94.8 Å². The number of halogens is 1. The van der Waals surface area contributed by atoms with Crippen LogP contribution in [0, 0.1) is 5.82 Å². The molecule has 2 atom stereocenters. The Morgan fingerprint density at radius 1 is 1.03 bits per heavy atom. The average Bonchev–Trinajstić information content (AvgIpc) is 3.48. The van der Waals surface area contributed by atoms with Crippen LogP contribution in [0.4, 0.5) is 4.39 Å². The van der Waals surface area contributed by atoms with Gasteiger partial charge in [-0.25, -0.2) is 9.18 Å². The second-order valence-corrected chi connectivity index (χ2v) is 10.0. The van der Waals surface area contributed by atoms with Gasteiger partial charge in [-0.05, 0) is 47.7 Å². The minimum atomic E-state index is -1.13. The molecule has 1 aliphatic carbocycles. The number of fused-ring (bicyclic) bond motifs is 1. The number of methoxy groups -OCH3 is 1. The lowest BCUT2D eigenvalue weighted by molar-refractivity contribution is -0.160. The lowest BCUT2D eigenvalue weighted by Gasteiger charge is -2.37. The fourth-order valence-corrected chi connectivity index (χ4v) is 5.40. The number of hydrogen-bond donors (Lipinski definition) is 1. The fraction of sp³-hybridized carbons (Fsp3) is 0.355. The van der Waals surface area contributed by atoms with Crippen molar-refractivity contribution in [2.75, 3.05) is 7.11 Å². The Kier molecular flexibility index (Phi) is 8.12. The van der Waals surface area contributed by atoms with E-state index in [4.69, 9.17) is 14.2 Å². The number of benzene rings is 3. The molecule has 0 bridgehead atoms. The van der Waals surface area contributed by atoms with Crippen LogP contribution in [0.2, 0.25) is 0 Å². The molecule has 0 radical (unpaired) electrons. The number of nitrogens with zero attached hydrogens (tertiary/aromatic N) is 1. The first-order valence-electron chi connectivity index (χ1n) is 13.2. The molecule has 2 aliphatic rings. The summed E-state index contributed by atoms with van der Waals surface area (Å²) in [5.74, 6) is -1.01. The highest BCUT2D eigenvalue weighted by Crippen LogP contribution is 2.40. The number of hydrogen-bond acceptors (Lipinski definition) is 5. The molecule has 0 aromatic heterocycles. The summed E-state index contributed by atoms with van der Waals surface area (Å²) in [6.45, 7) is 0.360. The Bertz CT molecular complexity index is 1310. The SMILES string of the molecule is COc1ccc2c(c1OCc1ccccc1)CC(C(=O)O)N(C(=O)C(OC1CCCC1)c1ccc(F)cc1)C2. The molecule has 1 aliphatic heterocycles. The molecule has 7 nitrogen and oxygen atoms in total. The number of carbonyl (C=O) groups excluding carboxylic acids is 1. The van der Waals surface area contributed by atoms with Crippen LogP contribution in [0.15, 0.2) is 66.7 Å². The molecule has 1 saturated carbocycles. The zero-order valence-electron chi connectivity index (χ0n) is 21.8. The van der Waals surface area contributed by atoms with E-state index in [9.17, 15) is 19.1 Å². The Hall–Kier alpha value is -3.91. The summed E-state index contributed by atoms with van der Waals surface area (Å²) < 4.78 is 31.7. The van der Waals surface area contributed by atoms with E-state index in [0.29, 0.717) is 22.6 Å². The van der Waals surface area contributed by atoms with Crippen LogP contribution in [-0.2, 0) is 33.9 Å². The minimum absolute atomic E-state index is 0.0529. The van der Waals surface area contributed by atoms with E-state index in [2.05, 4.69) is 0 Å². The van der Waals surface area contributed by atoms with Gasteiger partial charge in [-0.3, -0.25) is 4.79 Å². The van der Waals surface area contributed by atoms with Crippen LogP contribution < -0.4 is 9.47 Å². The third-order valence-corrected chi connectivity index (χ3v) is 7.48. The number of ether oxygens (including phenoxy) is 3. The Balaban J connectivity index is 1.46. The smallest absolute Gasteiger partial charge is 0.326 e. The highest BCUT2D eigenvalue weighted by molar-refractivity contribution is 5.88. The highest BCUT2D eigenvalue weighted by atomic mass is 19.1. The maximum absolute atomic E-state index is 14.0. The average molecular weight is 534 g/mol. The van der Waals surface area contributed by atoms with Gasteiger partial charge in [0.05, 0.1) is 13.2 Å². The van der Waals surface area contributed by atoms with Crippen molar-refractivity contribution in [2.24, 2.45) is 0 Å². The van der Waals surface area contributed by atoms with Crippen LogP contribution in [0.1, 0.15) is 54.0 Å². The lowest BCUT2D eigenvalue weighted by atomic mass is 9.91. The van der Waals surface area contributed by atoms with Gasteiger partial charge in [0.2, 0.25) is 0 Å². The molecule has 1 heterocycles. The zero-order valence-corrected chi connectivity index (χ0v) is 21.8. The number of rotatable bonds is 9. The quantitative estimate of drug-likeness (QED) is 0.394. The van der Waals surface area contributed by atoms with Crippen molar-refractivity contribution in [3.63, 3.8) is 0 Å². The van der Waals surface area contributed by atoms with Gasteiger partial charge in [-0.15, -0.1) is 0 Å². The minimum Gasteiger partial charge on any atom is -0.493 e. The molecular weight excluding hydrogens is 501 g/mol. The number of carbonyl (C=O) groups is 2. The largest absolute Gasteiger partial charge is 0.493 e. The number of aliphatic carboxylic acids is 1. The topological polar surface area (TPSA) is 85.3 Å². The van der Waals surface area contributed by atoms with E-state index in [0.717, 1.165) is 36.8 Å². The van der Waals surface area contributed by atoms with Gasteiger partial charge in [0.25, 0.3) is 5.91 Å². The van der Waals surface area contributed by atoms with Crippen LogP contribution in [0.5, 0.6) is 11.5 Å². The highest BCUT2D eigenvalue weighted by Gasteiger charge is 2.41. The predicted molar refractivity (Wildman–Crippen MR) is 142 cm³/mol. The molecule has 0 spiro atoms. The van der Waals surface area contributed by atoms with Gasteiger partial charge in [0, 0.05) is 18.5 Å². The van der Waals surface area contributed by atoms with E-state index in [1.807, 2.05) is 36.4 Å². The number of amides is 1. The third-order valence-electron chi connectivity index (χ3n) is 7.48. The molecule has 204 valence electrons. The van der Waals surface area contributed by atoms with Gasteiger partial charge >= 0.3 is 5.97 Å². The summed E-state index contributed by atoms with van der Waals surface area (Å²) in [6.07, 6.45) is 2.61. The predicted octanol–water partition coefficient (Wildman–Crippen LogP) is 5.45. The van der Waals surface area contributed by atoms with Crippen molar-refractivity contribution in [3.8, 4) is 11.5 Å². The molecule has 8 heteroatoms. The van der Waals surface area contributed by atoms with E-state index in [1.165, 1.54) is 36.3 Å². The van der Waals surface area contributed by atoms with E-state index >= 15 is 0 Å². The first-order chi connectivity index (χ1) is 18.9. The molecular formula is C31H32FNO6. The van der Waals surface area contributed by atoms with Crippen molar-refractivity contribution in [1.82, 2.24) is 4.90 Å². The van der Waals surface area contributed by atoms with Gasteiger partial charge in [0.1, 0.15) is 18.5 Å². The lowest BCUT2D eigenvalue weighted by Crippen LogP contribution is -2.50. The zero-order chi connectivity index (χ0) is 27.4. The monoisotopic (exact) mass is 533 g/mol. The van der Waals surface area contributed by atoms with E-state index in [-0.39, 0.29) is 25.7 Å². The van der Waals surface area contributed by atoms with Crippen molar-refractivity contribution in [1.29, 1.82) is 0 Å². The van der Waals surface area contributed by atoms with E-state index in [1.54, 1.807) is 6.07 Å². The summed E-state index contributed by atoms with van der Waals surface area (Å²) in [5.41, 5.74) is 2.95. The summed E-state index contributed by atoms with van der Waals surface area (Å²) in [7, 11) is 1.54. The van der Waals surface area contributed by atoms with Gasteiger partial charge in [0.15, 0.2) is 17.6 Å². The summed E-state index contributed by atoms with van der Waals surface area (Å²) in [5, 5.41) is 10.2. The molecule has 1 fully saturated rings. The summed E-state index contributed by atoms with van der Waals surface area (Å²) in [6, 6.07) is 17.8. The van der Waals surface area contributed by atoms with Crippen LogP contribution in [0.3, 0.4) is 0 Å². The first-order valence-corrected chi connectivity index (χ1v) is 13.2. The van der Waals surface area contributed by atoms with E-state index < -0.39 is 29.8 Å². The summed E-state index contributed by atoms with van der Waals surface area (Å²) >= 11 is 0. The summed E-state index contributed by atoms with van der Waals surface area (Å²) in [4.78, 5) is 27.9. The van der Waals surface area contributed by atoms with Crippen molar-refractivity contribution >= 4 is 11.9 Å². The second kappa shape index (κ2) is 11.9. The maximum atomic E-state index is 14.0. The van der Waals surface area contributed by atoms with Gasteiger partial charge in [-0.2, -0.15) is 0 Å². The van der Waals surface area contributed by atoms with Gasteiger partial charge in [-0.1, -0.05) is 61.4 Å². The van der Waals surface area contributed by atoms with Crippen LogP contribution >= 0.6 is 0 Å². The molecule has 5 rings (SSSR count). The Morgan fingerprint density at radius 2 is 1.74 bits per heavy atom. The van der Waals surface area contributed by atoms with Crippen molar-refractivity contribution in [2.45, 2.75) is 63.5 Å². The number of carboxylic acid groups (broad SMARTS) is 1. The fourth-order valence-electron chi connectivity index (χ4n) is 5.40. The second-order valence-electron chi connectivity index (χ2n) is 10.0. The molecule has 2 unspecified atom stereocenters. The molecule has 3 aromatic rings. The molecule has 1 N–H and O–H groups in total. The molecule has 39 heavy (non-hydrogen) atoms. The molecule has 3 aromatic carbocycles. The number of carboxylic acids is 1. The normalized spacial score (nSPS) is 17.9. The molecule has 0 saturated heterocycles. The first kappa shape index (κ1) is 26.7. The van der Waals surface area contributed by atoms with Crippen LogP contribution in [-0.4, -0.2) is 41.1 Å². The Morgan fingerprint density at radius 3 is 2.41 bits per heavy atom. The van der Waals surface area contributed by atoms with Crippen LogP contribution in [0.25, 0.3) is 0 Å². The third kappa shape index (κ3) is 5.91. The van der Waals surface area contributed by atoms with Gasteiger partial charge < -0.3 is 24.2 Å². The standard InChI is InChI=1S/C31H32FNO6/c1-37-27-16-13-22-18-33(26(31(35)36)17-25(22)29(27)38-19-20-7-3-2-4-8-20)30(34)28(39-24-9-5-6-10-24)21-11-14-23(32)15-12-21/h2-4,7-8,11-16,24,26,28H,5-6,9-10,17-19H2,1H3,(H,35,36). The van der Waals surface area contributed by atoms with Crippen molar-refractivity contribution < 1.29 is 33.3 Å². The Labute approximate surface area is 227 Å². The maximum Gasteiger partial charge on any atom is 0.326 e.